The number of phenols is 1. The second-order valence-electron chi connectivity index (χ2n) is 7.65. The van der Waals surface area contributed by atoms with E-state index in [1.54, 1.807) is 24.3 Å². The molecule has 1 aliphatic rings. The number of nitrogens with one attached hydrogen (secondary N) is 1. The molecule has 1 heterocycles. The van der Waals surface area contributed by atoms with E-state index >= 15 is 0 Å². The van der Waals surface area contributed by atoms with Crippen molar-refractivity contribution in [1.82, 2.24) is 20.2 Å². The van der Waals surface area contributed by atoms with Gasteiger partial charge in [0.15, 0.2) is 11.0 Å². The first kappa shape index (κ1) is 22.4. The molecule has 1 fully saturated rings. The molecule has 2 aromatic carbocycles. The second kappa shape index (κ2) is 10.7. The number of carbonyl (C=O) groups is 1. The summed E-state index contributed by atoms with van der Waals surface area (Å²) in [5, 5.41) is 23.7. The molecule has 7 nitrogen and oxygen atoms in total. The summed E-state index contributed by atoms with van der Waals surface area (Å²) in [5.74, 6) is 0.883. The molecule has 1 aromatic heterocycles. The molecule has 0 aliphatic heterocycles. The summed E-state index contributed by atoms with van der Waals surface area (Å²) in [7, 11) is 0. The molecule has 0 spiro atoms. The van der Waals surface area contributed by atoms with E-state index in [-0.39, 0.29) is 17.4 Å². The summed E-state index contributed by atoms with van der Waals surface area (Å²) in [6.07, 6.45) is 7.25. The van der Waals surface area contributed by atoms with E-state index in [9.17, 15) is 9.90 Å². The number of nitrogens with zero attached hydrogens (tertiary/aromatic N) is 4. The zero-order valence-corrected chi connectivity index (χ0v) is 19.0. The Morgan fingerprint density at radius 2 is 1.97 bits per heavy atom. The van der Waals surface area contributed by atoms with Crippen LogP contribution >= 0.6 is 23.4 Å². The largest absolute Gasteiger partial charge is 0.508 e. The number of aromatic hydroxyl groups is 1. The third-order valence-corrected chi connectivity index (χ3v) is 6.51. The van der Waals surface area contributed by atoms with Gasteiger partial charge >= 0.3 is 0 Å². The highest BCUT2D eigenvalue weighted by atomic mass is 35.5. The number of rotatable bonds is 7. The minimum Gasteiger partial charge on any atom is -0.508 e. The van der Waals surface area contributed by atoms with E-state index in [0.717, 1.165) is 29.4 Å². The van der Waals surface area contributed by atoms with E-state index in [4.69, 9.17) is 11.6 Å². The van der Waals surface area contributed by atoms with Crippen molar-refractivity contribution in [3.8, 4) is 17.1 Å². The molecule has 0 atom stereocenters. The van der Waals surface area contributed by atoms with Crippen LogP contribution in [0.25, 0.3) is 11.4 Å². The minimum absolute atomic E-state index is 0.148. The van der Waals surface area contributed by atoms with E-state index in [2.05, 4.69) is 25.3 Å². The Morgan fingerprint density at radius 1 is 1.19 bits per heavy atom. The highest BCUT2D eigenvalue weighted by Gasteiger charge is 2.24. The molecule has 32 heavy (non-hydrogen) atoms. The van der Waals surface area contributed by atoms with Crippen molar-refractivity contribution < 1.29 is 9.90 Å². The first-order chi connectivity index (χ1) is 15.6. The number of aromatic nitrogens is 3. The maximum atomic E-state index is 12.3. The van der Waals surface area contributed by atoms with Gasteiger partial charge in [0, 0.05) is 16.6 Å². The van der Waals surface area contributed by atoms with Gasteiger partial charge in [-0.3, -0.25) is 9.36 Å². The molecule has 166 valence electrons. The maximum Gasteiger partial charge on any atom is 0.250 e. The molecule has 1 saturated carbocycles. The Kier molecular flexibility index (Phi) is 7.44. The topological polar surface area (TPSA) is 92.4 Å². The van der Waals surface area contributed by atoms with Crippen LogP contribution in [-0.2, 0) is 4.79 Å². The number of hydrogen-bond acceptors (Lipinski definition) is 6. The molecule has 3 aromatic rings. The fourth-order valence-corrected chi connectivity index (χ4v) is 4.71. The van der Waals surface area contributed by atoms with Gasteiger partial charge in [-0.05, 0) is 54.8 Å². The van der Waals surface area contributed by atoms with E-state index < -0.39 is 0 Å². The Balaban J connectivity index is 1.45. The number of phenolic OH excluding ortho intramolecular Hbond substituents is 1. The number of hydrogen-bond donors (Lipinski definition) is 2. The molecular formula is C23H24ClN5O2S. The fourth-order valence-electron chi connectivity index (χ4n) is 3.79. The van der Waals surface area contributed by atoms with Crippen molar-refractivity contribution in [2.45, 2.75) is 43.3 Å². The van der Waals surface area contributed by atoms with Gasteiger partial charge in [0.05, 0.1) is 12.0 Å². The fraction of sp³-hybridized carbons (Fsp3) is 0.304. The molecular weight excluding hydrogens is 446 g/mol. The number of amides is 1. The lowest BCUT2D eigenvalue weighted by molar-refractivity contribution is -0.118. The van der Waals surface area contributed by atoms with Crippen LogP contribution in [0.15, 0.2) is 58.8 Å². The monoisotopic (exact) mass is 469 g/mol. The van der Waals surface area contributed by atoms with Crippen LogP contribution in [0.2, 0.25) is 5.02 Å². The first-order valence-corrected chi connectivity index (χ1v) is 11.9. The minimum atomic E-state index is -0.238. The van der Waals surface area contributed by atoms with Crippen molar-refractivity contribution in [2.75, 3.05) is 5.75 Å². The zero-order valence-electron chi connectivity index (χ0n) is 17.4. The Hall–Kier alpha value is -2.84. The summed E-state index contributed by atoms with van der Waals surface area (Å²) in [5.41, 5.74) is 4.18. The van der Waals surface area contributed by atoms with Crippen LogP contribution in [0.1, 0.15) is 43.7 Å². The third kappa shape index (κ3) is 5.69. The molecule has 0 bridgehead atoms. The maximum absolute atomic E-state index is 12.3. The van der Waals surface area contributed by atoms with Crippen molar-refractivity contribution >= 4 is 35.5 Å². The van der Waals surface area contributed by atoms with Gasteiger partial charge < -0.3 is 5.11 Å². The molecule has 9 heteroatoms. The number of carbonyl (C=O) groups excluding carboxylic acids is 1. The van der Waals surface area contributed by atoms with Gasteiger partial charge in [-0.1, -0.05) is 54.8 Å². The standard InChI is InChI=1S/C23H24ClN5O2S/c24-18-11-9-17(10-12-18)22-27-28-23(29(22)19-6-2-1-3-7-19)32-15-21(31)26-25-14-16-5-4-8-20(30)13-16/h4-5,8-14,19,30H,1-3,6-7,15H2,(H,26,31). The quantitative estimate of drug-likeness (QED) is 0.287. The van der Waals surface area contributed by atoms with Crippen molar-refractivity contribution in [1.29, 1.82) is 0 Å². The van der Waals surface area contributed by atoms with Crippen LogP contribution in [0.3, 0.4) is 0 Å². The van der Waals surface area contributed by atoms with E-state index in [0.29, 0.717) is 16.6 Å². The molecule has 1 amide bonds. The SMILES string of the molecule is O=C(CSc1nnc(-c2ccc(Cl)cc2)n1C1CCCCC1)NN=Cc1cccc(O)c1. The van der Waals surface area contributed by atoms with Crippen molar-refractivity contribution in [3.63, 3.8) is 0 Å². The molecule has 0 unspecified atom stereocenters. The van der Waals surface area contributed by atoms with Crippen LogP contribution in [0.4, 0.5) is 0 Å². The Morgan fingerprint density at radius 3 is 2.72 bits per heavy atom. The normalized spacial score (nSPS) is 14.7. The summed E-state index contributed by atoms with van der Waals surface area (Å²) in [6.45, 7) is 0. The van der Waals surface area contributed by atoms with Gasteiger partial charge in [-0.25, -0.2) is 5.43 Å². The second-order valence-corrected chi connectivity index (χ2v) is 9.03. The van der Waals surface area contributed by atoms with Crippen LogP contribution in [-0.4, -0.2) is 37.7 Å². The lowest BCUT2D eigenvalue weighted by Crippen LogP contribution is -2.20. The first-order valence-electron chi connectivity index (χ1n) is 10.5. The van der Waals surface area contributed by atoms with Gasteiger partial charge in [-0.15, -0.1) is 10.2 Å². The van der Waals surface area contributed by atoms with Crippen LogP contribution in [0, 0.1) is 0 Å². The average Bonchev–Trinajstić information content (AvgIpc) is 3.23. The number of hydrazone groups is 1. The lowest BCUT2D eigenvalue weighted by atomic mass is 9.95. The van der Waals surface area contributed by atoms with Crippen molar-refractivity contribution in [3.05, 3.63) is 59.1 Å². The summed E-state index contributed by atoms with van der Waals surface area (Å²) >= 11 is 7.40. The Bertz CT molecular complexity index is 1090. The molecule has 2 N–H and O–H groups in total. The predicted octanol–water partition coefficient (Wildman–Crippen LogP) is 5.05. The average molecular weight is 470 g/mol. The lowest BCUT2D eigenvalue weighted by Gasteiger charge is -2.25. The van der Waals surface area contributed by atoms with Gasteiger partial charge in [-0.2, -0.15) is 5.10 Å². The summed E-state index contributed by atoms with van der Waals surface area (Å²) < 4.78 is 2.18. The van der Waals surface area contributed by atoms with Crippen molar-refractivity contribution in [2.24, 2.45) is 5.10 Å². The van der Waals surface area contributed by atoms with E-state index in [1.165, 1.54) is 37.2 Å². The number of benzene rings is 2. The number of halogens is 1. The number of thioether (sulfide) groups is 1. The van der Waals surface area contributed by atoms with Gasteiger partial charge in [0.25, 0.3) is 5.91 Å². The molecule has 1 aliphatic carbocycles. The van der Waals surface area contributed by atoms with Gasteiger partial charge in [0.1, 0.15) is 5.75 Å². The van der Waals surface area contributed by atoms with Crippen LogP contribution in [0.5, 0.6) is 5.75 Å². The zero-order chi connectivity index (χ0) is 22.3. The predicted molar refractivity (Wildman–Crippen MR) is 127 cm³/mol. The summed E-state index contributed by atoms with van der Waals surface area (Å²) in [4.78, 5) is 12.3. The highest BCUT2D eigenvalue weighted by Crippen LogP contribution is 2.35. The Labute approximate surface area is 195 Å². The molecule has 4 rings (SSSR count). The van der Waals surface area contributed by atoms with E-state index in [1.807, 2.05) is 24.3 Å². The molecule has 0 radical (unpaired) electrons. The third-order valence-electron chi connectivity index (χ3n) is 5.31. The smallest absolute Gasteiger partial charge is 0.250 e. The summed E-state index contributed by atoms with van der Waals surface area (Å²) in [6, 6.07) is 14.6. The van der Waals surface area contributed by atoms with Crippen LogP contribution < -0.4 is 5.43 Å². The van der Waals surface area contributed by atoms with Gasteiger partial charge in [0.2, 0.25) is 0 Å². The molecule has 0 saturated heterocycles. The highest BCUT2D eigenvalue weighted by molar-refractivity contribution is 7.99.